The molecule has 0 saturated heterocycles. The van der Waals surface area contributed by atoms with Crippen molar-refractivity contribution in [3.8, 4) is 11.3 Å². The predicted octanol–water partition coefficient (Wildman–Crippen LogP) is 2.11. The molecule has 66 valence electrons. The van der Waals surface area contributed by atoms with E-state index >= 15 is 0 Å². The van der Waals surface area contributed by atoms with E-state index in [1.807, 2.05) is 12.1 Å². The lowest BCUT2D eigenvalue weighted by Gasteiger charge is -2.02. The molecule has 0 atom stereocenters. The average molecular weight is 174 g/mol. The Morgan fingerprint density at radius 2 is 1.92 bits per heavy atom. The Balaban J connectivity index is 2.57. The van der Waals surface area contributed by atoms with Gasteiger partial charge in [-0.25, -0.2) is 0 Å². The van der Waals surface area contributed by atoms with Gasteiger partial charge in [0.05, 0.1) is 6.26 Å². The van der Waals surface area contributed by atoms with E-state index in [1.54, 1.807) is 24.5 Å². The van der Waals surface area contributed by atoms with Gasteiger partial charge in [0.2, 0.25) is 0 Å². The summed E-state index contributed by atoms with van der Waals surface area (Å²) in [4.78, 5) is 0. The maximum Gasteiger partial charge on any atom is 0.135 e. The van der Waals surface area contributed by atoms with Crippen LogP contribution in [0.25, 0.3) is 11.3 Å². The van der Waals surface area contributed by atoms with E-state index in [2.05, 4.69) is 0 Å². The van der Waals surface area contributed by atoms with Crippen molar-refractivity contribution in [2.24, 2.45) is 0 Å². The van der Waals surface area contributed by atoms with E-state index in [-0.39, 0.29) is 0 Å². The fourth-order valence-corrected chi connectivity index (χ4v) is 1.22. The minimum atomic E-state index is 0.671. The molecule has 1 aromatic carbocycles. The van der Waals surface area contributed by atoms with Crippen molar-refractivity contribution in [2.75, 3.05) is 11.5 Å². The van der Waals surface area contributed by atoms with Gasteiger partial charge in [0.25, 0.3) is 0 Å². The first kappa shape index (κ1) is 7.73. The molecule has 13 heavy (non-hydrogen) atoms. The van der Waals surface area contributed by atoms with Gasteiger partial charge in [0.1, 0.15) is 5.76 Å². The second-order valence-corrected chi connectivity index (χ2v) is 2.82. The van der Waals surface area contributed by atoms with E-state index in [1.165, 1.54) is 0 Å². The molecule has 2 rings (SSSR count). The van der Waals surface area contributed by atoms with Crippen molar-refractivity contribution >= 4 is 11.4 Å². The molecule has 0 aliphatic heterocycles. The Hall–Kier alpha value is -1.90. The summed E-state index contributed by atoms with van der Waals surface area (Å²) in [5.74, 6) is 0.741. The molecule has 0 unspecified atom stereocenters. The van der Waals surface area contributed by atoms with Crippen molar-refractivity contribution in [1.82, 2.24) is 0 Å². The molecule has 0 aliphatic carbocycles. The summed E-state index contributed by atoms with van der Waals surface area (Å²) >= 11 is 0. The molecule has 0 bridgehead atoms. The fourth-order valence-electron chi connectivity index (χ4n) is 1.22. The summed E-state index contributed by atoms with van der Waals surface area (Å²) in [7, 11) is 0. The van der Waals surface area contributed by atoms with Gasteiger partial charge in [-0.1, -0.05) is 0 Å². The lowest BCUT2D eigenvalue weighted by Crippen LogP contribution is -1.91. The van der Waals surface area contributed by atoms with Crippen molar-refractivity contribution in [1.29, 1.82) is 0 Å². The fraction of sp³-hybridized carbons (Fsp3) is 0. The zero-order chi connectivity index (χ0) is 9.26. The summed E-state index contributed by atoms with van der Waals surface area (Å²) in [5.41, 5.74) is 13.6. The first-order chi connectivity index (χ1) is 6.27. The highest BCUT2D eigenvalue weighted by Crippen LogP contribution is 2.27. The monoisotopic (exact) mass is 174 g/mol. The zero-order valence-electron chi connectivity index (χ0n) is 7.03. The van der Waals surface area contributed by atoms with E-state index in [9.17, 15) is 0 Å². The molecule has 0 saturated carbocycles. The molecular weight excluding hydrogens is 164 g/mol. The summed E-state index contributed by atoms with van der Waals surface area (Å²) in [6, 6.07) is 9.01. The van der Waals surface area contributed by atoms with Crippen LogP contribution in [0.2, 0.25) is 0 Å². The molecule has 0 aliphatic rings. The number of nitrogens with two attached hydrogens (primary N) is 2. The molecule has 4 N–H and O–H groups in total. The van der Waals surface area contributed by atoms with Gasteiger partial charge in [-0.2, -0.15) is 0 Å². The molecular formula is C10H10N2O. The number of furan rings is 1. The number of rotatable bonds is 1. The van der Waals surface area contributed by atoms with Crippen LogP contribution in [0.1, 0.15) is 0 Å². The third-order valence-electron chi connectivity index (χ3n) is 1.86. The smallest absolute Gasteiger partial charge is 0.135 e. The molecule has 0 amide bonds. The summed E-state index contributed by atoms with van der Waals surface area (Å²) in [6.07, 6.45) is 1.61. The topological polar surface area (TPSA) is 65.2 Å². The van der Waals surface area contributed by atoms with Gasteiger partial charge in [-0.15, -0.1) is 0 Å². The average Bonchev–Trinajstić information content (AvgIpc) is 2.61. The van der Waals surface area contributed by atoms with Crippen molar-refractivity contribution in [3.05, 3.63) is 36.6 Å². The molecule has 3 nitrogen and oxygen atoms in total. The van der Waals surface area contributed by atoms with Crippen LogP contribution in [0, 0.1) is 0 Å². The quantitative estimate of drug-likeness (QED) is 0.651. The Morgan fingerprint density at radius 3 is 2.62 bits per heavy atom. The van der Waals surface area contributed by atoms with Crippen LogP contribution in [-0.2, 0) is 0 Å². The van der Waals surface area contributed by atoms with Gasteiger partial charge < -0.3 is 15.9 Å². The van der Waals surface area contributed by atoms with Crippen molar-refractivity contribution in [2.45, 2.75) is 0 Å². The maximum atomic E-state index is 5.77. The van der Waals surface area contributed by atoms with E-state index in [4.69, 9.17) is 15.9 Å². The van der Waals surface area contributed by atoms with Crippen LogP contribution in [0.4, 0.5) is 11.4 Å². The van der Waals surface area contributed by atoms with Gasteiger partial charge in [0, 0.05) is 16.9 Å². The SMILES string of the molecule is Nc1ccc(N)c(-c2ccco2)c1. The molecule has 1 aromatic heterocycles. The van der Waals surface area contributed by atoms with Crippen LogP contribution < -0.4 is 11.5 Å². The normalized spacial score (nSPS) is 10.2. The van der Waals surface area contributed by atoms with Crippen LogP contribution >= 0.6 is 0 Å². The third kappa shape index (κ3) is 1.36. The number of hydrogen-bond acceptors (Lipinski definition) is 3. The van der Waals surface area contributed by atoms with E-state index in [0.717, 1.165) is 11.3 Å². The summed E-state index contributed by atoms with van der Waals surface area (Å²) in [6.45, 7) is 0. The van der Waals surface area contributed by atoms with E-state index in [0.29, 0.717) is 11.4 Å². The Morgan fingerprint density at radius 1 is 1.08 bits per heavy atom. The number of benzene rings is 1. The Bertz CT molecular complexity index is 407. The molecule has 3 heteroatoms. The van der Waals surface area contributed by atoms with Gasteiger partial charge in [0.15, 0.2) is 0 Å². The molecule has 0 radical (unpaired) electrons. The highest BCUT2D eigenvalue weighted by Gasteiger charge is 2.04. The van der Waals surface area contributed by atoms with Crippen molar-refractivity contribution < 1.29 is 4.42 Å². The minimum absolute atomic E-state index is 0.671. The highest BCUT2D eigenvalue weighted by atomic mass is 16.3. The van der Waals surface area contributed by atoms with Crippen LogP contribution in [-0.4, -0.2) is 0 Å². The van der Waals surface area contributed by atoms with Crippen LogP contribution in [0.15, 0.2) is 41.0 Å². The Labute approximate surface area is 76.0 Å². The maximum absolute atomic E-state index is 5.77. The summed E-state index contributed by atoms with van der Waals surface area (Å²) < 4.78 is 5.22. The Kier molecular flexibility index (Phi) is 1.70. The van der Waals surface area contributed by atoms with Crippen LogP contribution in [0.5, 0.6) is 0 Å². The predicted molar refractivity (Wildman–Crippen MR) is 53.0 cm³/mol. The lowest BCUT2D eigenvalue weighted by molar-refractivity contribution is 0.582. The van der Waals surface area contributed by atoms with Crippen molar-refractivity contribution in [3.63, 3.8) is 0 Å². The standard InChI is InChI=1S/C10H10N2O/c11-7-3-4-9(12)8(6-7)10-2-1-5-13-10/h1-6H,11-12H2. The first-order valence-corrected chi connectivity index (χ1v) is 3.96. The van der Waals surface area contributed by atoms with Gasteiger partial charge >= 0.3 is 0 Å². The molecule has 0 spiro atoms. The molecule has 0 fully saturated rings. The second kappa shape index (κ2) is 2.86. The number of hydrogen-bond donors (Lipinski definition) is 2. The lowest BCUT2D eigenvalue weighted by atomic mass is 10.1. The van der Waals surface area contributed by atoms with Gasteiger partial charge in [-0.05, 0) is 30.3 Å². The van der Waals surface area contributed by atoms with E-state index < -0.39 is 0 Å². The van der Waals surface area contributed by atoms with Crippen LogP contribution in [0.3, 0.4) is 0 Å². The third-order valence-corrected chi connectivity index (χ3v) is 1.86. The molecule has 2 aromatic rings. The first-order valence-electron chi connectivity index (χ1n) is 3.96. The second-order valence-electron chi connectivity index (χ2n) is 2.82. The van der Waals surface area contributed by atoms with Gasteiger partial charge in [-0.3, -0.25) is 0 Å². The molecule has 1 heterocycles. The summed E-state index contributed by atoms with van der Waals surface area (Å²) in [5, 5.41) is 0. The highest BCUT2D eigenvalue weighted by molar-refractivity contribution is 5.75. The number of nitrogen functional groups attached to an aromatic ring is 2. The number of anilines is 2. The zero-order valence-corrected chi connectivity index (χ0v) is 7.03. The largest absolute Gasteiger partial charge is 0.464 e. The minimum Gasteiger partial charge on any atom is -0.464 e.